The highest BCUT2D eigenvalue weighted by Crippen LogP contribution is 2.28. The minimum absolute atomic E-state index is 0.185. The van der Waals surface area contributed by atoms with Crippen LogP contribution in [0, 0.1) is 0 Å². The summed E-state index contributed by atoms with van der Waals surface area (Å²) in [7, 11) is 0. The Bertz CT molecular complexity index is 481. The summed E-state index contributed by atoms with van der Waals surface area (Å²) >= 11 is 0. The molecule has 0 radical (unpaired) electrons. The first-order valence-electron chi connectivity index (χ1n) is 6.64. The van der Waals surface area contributed by atoms with E-state index in [9.17, 15) is 0 Å². The summed E-state index contributed by atoms with van der Waals surface area (Å²) in [6, 6.07) is 19.1. The topological polar surface area (TPSA) is 26.0 Å². The van der Waals surface area contributed by atoms with Gasteiger partial charge in [-0.3, -0.25) is 0 Å². The molecule has 1 heteroatoms. The lowest BCUT2D eigenvalue weighted by Gasteiger charge is -2.27. The van der Waals surface area contributed by atoms with Crippen molar-refractivity contribution in [3.8, 4) is 11.1 Å². The van der Waals surface area contributed by atoms with E-state index in [1.807, 2.05) is 6.07 Å². The molecule has 2 rings (SSSR count). The SMILES string of the molecule is CCC(N)(CC)c1ccc(-c2ccccc2)cc1. The summed E-state index contributed by atoms with van der Waals surface area (Å²) in [5.74, 6) is 0. The van der Waals surface area contributed by atoms with E-state index in [0.717, 1.165) is 12.8 Å². The zero-order valence-corrected chi connectivity index (χ0v) is 11.2. The fourth-order valence-electron chi connectivity index (χ4n) is 2.28. The van der Waals surface area contributed by atoms with E-state index in [1.165, 1.54) is 16.7 Å². The fourth-order valence-corrected chi connectivity index (χ4v) is 2.28. The van der Waals surface area contributed by atoms with E-state index in [-0.39, 0.29) is 5.54 Å². The molecule has 0 aliphatic carbocycles. The molecule has 0 amide bonds. The third kappa shape index (κ3) is 2.46. The lowest BCUT2D eigenvalue weighted by Crippen LogP contribution is -2.34. The van der Waals surface area contributed by atoms with Crippen molar-refractivity contribution in [2.75, 3.05) is 0 Å². The van der Waals surface area contributed by atoms with Gasteiger partial charge in [0.2, 0.25) is 0 Å². The number of nitrogens with two attached hydrogens (primary N) is 1. The smallest absolute Gasteiger partial charge is 0.0404 e. The molecule has 0 aliphatic heterocycles. The molecule has 2 aromatic rings. The Labute approximate surface area is 110 Å². The summed E-state index contributed by atoms with van der Waals surface area (Å²) in [6.45, 7) is 4.29. The van der Waals surface area contributed by atoms with Gasteiger partial charge in [0.1, 0.15) is 0 Å². The largest absolute Gasteiger partial charge is 0.321 e. The molecular formula is C17H21N. The average molecular weight is 239 g/mol. The highest BCUT2D eigenvalue weighted by molar-refractivity contribution is 5.63. The molecular weight excluding hydrogens is 218 g/mol. The maximum Gasteiger partial charge on any atom is 0.0404 e. The quantitative estimate of drug-likeness (QED) is 0.844. The second-order valence-corrected chi connectivity index (χ2v) is 4.81. The van der Waals surface area contributed by atoms with Crippen LogP contribution in [0.1, 0.15) is 32.3 Å². The van der Waals surface area contributed by atoms with Crippen LogP contribution in [0.5, 0.6) is 0 Å². The molecule has 0 aliphatic rings. The molecule has 0 spiro atoms. The minimum atomic E-state index is -0.185. The van der Waals surface area contributed by atoms with Gasteiger partial charge in [-0.25, -0.2) is 0 Å². The predicted molar refractivity (Wildman–Crippen MR) is 78.3 cm³/mol. The number of rotatable bonds is 4. The zero-order valence-electron chi connectivity index (χ0n) is 11.2. The van der Waals surface area contributed by atoms with Gasteiger partial charge >= 0.3 is 0 Å². The van der Waals surface area contributed by atoms with Crippen molar-refractivity contribution in [1.82, 2.24) is 0 Å². The van der Waals surface area contributed by atoms with E-state index in [2.05, 4.69) is 62.4 Å². The monoisotopic (exact) mass is 239 g/mol. The molecule has 0 fully saturated rings. The first-order valence-corrected chi connectivity index (χ1v) is 6.64. The maximum atomic E-state index is 6.41. The summed E-state index contributed by atoms with van der Waals surface area (Å²) in [6.07, 6.45) is 1.93. The highest BCUT2D eigenvalue weighted by Gasteiger charge is 2.22. The van der Waals surface area contributed by atoms with Crippen LogP contribution >= 0.6 is 0 Å². The van der Waals surface area contributed by atoms with Gasteiger partial charge in [-0.05, 0) is 29.5 Å². The van der Waals surface area contributed by atoms with Crippen LogP contribution < -0.4 is 5.73 Å². The van der Waals surface area contributed by atoms with E-state index < -0.39 is 0 Å². The van der Waals surface area contributed by atoms with Crippen LogP contribution in [0.2, 0.25) is 0 Å². The molecule has 94 valence electrons. The minimum Gasteiger partial charge on any atom is -0.321 e. The van der Waals surface area contributed by atoms with Crippen molar-refractivity contribution < 1.29 is 0 Å². The normalized spacial score (nSPS) is 11.5. The summed E-state index contributed by atoms with van der Waals surface area (Å²) < 4.78 is 0. The van der Waals surface area contributed by atoms with Crippen LogP contribution in [0.3, 0.4) is 0 Å². The van der Waals surface area contributed by atoms with Gasteiger partial charge in [0.05, 0.1) is 0 Å². The van der Waals surface area contributed by atoms with Crippen molar-refractivity contribution in [2.45, 2.75) is 32.2 Å². The van der Waals surface area contributed by atoms with Crippen LogP contribution in [0.4, 0.5) is 0 Å². The highest BCUT2D eigenvalue weighted by atomic mass is 14.7. The first kappa shape index (κ1) is 12.8. The van der Waals surface area contributed by atoms with Gasteiger partial charge in [-0.15, -0.1) is 0 Å². The van der Waals surface area contributed by atoms with E-state index in [1.54, 1.807) is 0 Å². The Morgan fingerprint density at radius 3 is 1.78 bits per heavy atom. The number of hydrogen-bond acceptors (Lipinski definition) is 1. The van der Waals surface area contributed by atoms with Crippen LogP contribution in [-0.4, -0.2) is 0 Å². The third-order valence-electron chi connectivity index (χ3n) is 3.83. The number of hydrogen-bond donors (Lipinski definition) is 1. The van der Waals surface area contributed by atoms with Crippen molar-refractivity contribution in [1.29, 1.82) is 0 Å². The second-order valence-electron chi connectivity index (χ2n) is 4.81. The van der Waals surface area contributed by atoms with Crippen molar-refractivity contribution >= 4 is 0 Å². The molecule has 0 saturated carbocycles. The van der Waals surface area contributed by atoms with Crippen molar-refractivity contribution in [3.05, 3.63) is 60.2 Å². The molecule has 2 N–H and O–H groups in total. The van der Waals surface area contributed by atoms with E-state index in [0.29, 0.717) is 0 Å². The summed E-state index contributed by atoms with van der Waals surface area (Å²) in [4.78, 5) is 0. The maximum absolute atomic E-state index is 6.41. The van der Waals surface area contributed by atoms with Gasteiger partial charge in [0, 0.05) is 5.54 Å². The van der Waals surface area contributed by atoms with E-state index >= 15 is 0 Å². The van der Waals surface area contributed by atoms with Gasteiger partial charge in [-0.2, -0.15) is 0 Å². The van der Waals surface area contributed by atoms with Crippen LogP contribution in [-0.2, 0) is 5.54 Å². The van der Waals surface area contributed by atoms with Gasteiger partial charge in [0.25, 0.3) is 0 Å². The third-order valence-corrected chi connectivity index (χ3v) is 3.83. The molecule has 0 bridgehead atoms. The molecule has 2 aromatic carbocycles. The second kappa shape index (κ2) is 5.36. The number of benzene rings is 2. The average Bonchev–Trinajstić information content (AvgIpc) is 2.47. The lowest BCUT2D eigenvalue weighted by molar-refractivity contribution is 0.413. The first-order chi connectivity index (χ1) is 8.69. The van der Waals surface area contributed by atoms with Crippen LogP contribution in [0.15, 0.2) is 54.6 Å². The fraction of sp³-hybridized carbons (Fsp3) is 0.294. The van der Waals surface area contributed by atoms with Gasteiger partial charge in [0.15, 0.2) is 0 Å². The molecule has 0 aromatic heterocycles. The Kier molecular flexibility index (Phi) is 3.83. The molecule has 1 nitrogen and oxygen atoms in total. The van der Waals surface area contributed by atoms with Gasteiger partial charge < -0.3 is 5.73 Å². The molecule has 0 unspecified atom stereocenters. The molecule has 0 saturated heterocycles. The van der Waals surface area contributed by atoms with Gasteiger partial charge in [-0.1, -0.05) is 68.4 Å². The van der Waals surface area contributed by atoms with Crippen LogP contribution in [0.25, 0.3) is 11.1 Å². The Balaban J connectivity index is 2.31. The summed E-state index contributed by atoms with van der Waals surface area (Å²) in [5.41, 5.74) is 9.94. The Morgan fingerprint density at radius 1 is 0.778 bits per heavy atom. The van der Waals surface area contributed by atoms with E-state index in [4.69, 9.17) is 5.73 Å². The molecule has 0 atom stereocenters. The Hall–Kier alpha value is -1.60. The standard InChI is InChI=1S/C17H21N/c1-3-17(18,4-2)16-12-10-15(11-13-16)14-8-6-5-7-9-14/h5-13H,3-4,18H2,1-2H3. The Morgan fingerprint density at radius 2 is 1.28 bits per heavy atom. The molecule has 0 heterocycles. The summed E-state index contributed by atoms with van der Waals surface area (Å²) in [5, 5.41) is 0. The molecule has 18 heavy (non-hydrogen) atoms. The zero-order chi connectivity index (χ0) is 13.0. The lowest BCUT2D eigenvalue weighted by atomic mass is 9.85. The predicted octanol–water partition coefficient (Wildman–Crippen LogP) is 4.33. The van der Waals surface area contributed by atoms with Crippen molar-refractivity contribution in [3.63, 3.8) is 0 Å². The van der Waals surface area contributed by atoms with Crippen molar-refractivity contribution in [2.24, 2.45) is 5.73 Å².